The molecule has 1 heterocycles. The zero-order chi connectivity index (χ0) is 31.0. The predicted molar refractivity (Wildman–Crippen MR) is 166 cm³/mol. The lowest BCUT2D eigenvalue weighted by Gasteiger charge is -2.40. The summed E-state index contributed by atoms with van der Waals surface area (Å²) in [4.78, 5) is 12.7. The fourth-order valence-corrected chi connectivity index (χ4v) is 5.27. The zero-order valence-electron chi connectivity index (χ0n) is 26.5. The van der Waals surface area contributed by atoms with Crippen LogP contribution in [0.4, 0.5) is 0 Å². The van der Waals surface area contributed by atoms with Crippen LogP contribution >= 0.6 is 0 Å². The molecular weight excluding hydrogens is 538 g/mol. The molecule has 0 aliphatic carbocycles. The molecule has 9 heteroatoms. The monoisotopic (exact) mass is 601 g/mol. The van der Waals surface area contributed by atoms with Gasteiger partial charge in [-0.1, -0.05) is 103 Å². The van der Waals surface area contributed by atoms with Gasteiger partial charge in [-0.05, 0) is 38.5 Å². The van der Waals surface area contributed by atoms with Crippen molar-refractivity contribution in [3.05, 3.63) is 12.2 Å². The minimum absolute atomic E-state index is 0.142. The van der Waals surface area contributed by atoms with Gasteiger partial charge in [0.2, 0.25) is 5.91 Å². The molecular formula is C33H63NO8. The Bertz CT molecular complexity index is 676. The number of hydrogen-bond donors (Lipinski definition) is 6. The number of aliphatic hydroxyl groups excluding tert-OH is 5. The van der Waals surface area contributed by atoms with Crippen LogP contribution in [0.15, 0.2) is 12.2 Å². The van der Waals surface area contributed by atoms with Crippen LogP contribution in [0.2, 0.25) is 0 Å². The fraction of sp³-hybridized carbons (Fsp3) is 0.909. The lowest BCUT2D eigenvalue weighted by molar-refractivity contribution is -0.302. The van der Waals surface area contributed by atoms with Crippen LogP contribution in [-0.2, 0) is 14.3 Å². The van der Waals surface area contributed by atoms with Crippen LogP contribution in [0.1, 0.15) is 136 Å². The van der Waals surface area contributed by atoms with Crippen molar-refractivity contribution in [1.29, 1.82) is 0 Å². The summed E-state index contributed by atoms with van der Waals surface area (Å²) in [5.74, 6) is -0.163. The van der Waals surface area contributed by atoms with Gasteiger partial charge in [0.15, 0.2) is 6.29 Å². The number of amides is 1. The average molecular weight is 602 g/mol. The highest BCUT2D eigenvalue weighted by molar-refractivity contribution is 5.76. The number of ether oxygens (including phenoxy) is 2. The maximum absolute atomic E-state index is 12.7. The standard InChI is InChI=1S/C33H63NO8/c1-3-5-7-9-10-11-12-13-14-15-16-17-19-21-23-29(37)34-26(27(36)22-20-18-8-6-4-2)25-41-33-32(40)31(39)30(38)28(24-35)42-33/h12-13,26-28,30-33,35-36,38-40H,3-11,14-25H2,1-2H3,(H,34,37)/b13-12-. The Balaban J connectivity index is 2.40. The Labute approximate surface area is 255 Å². The number of hydrogen-bond acceptors (Lipinski definition) is 8. The molecule has 1 rings (SSSR count). The van der Waals surface area contributed by atoms with E-state index >= 15 is 0 Å². The van der Waals surface area contributed by atoms with Crippen molar-refractivity contribution in [1.82, 2.24) is 5.32 Å². The fourth-order valence-electron chi connectivity index (χ4n) is 5.27. The van der Waals surface area contributed by atoms with Crippen LogP contribution in [0.3, 0.4) is 0 Å². The molecule has 1 aliphatic rings. The van der Waals surface area contributed by atoms with E-state index in [2.05, 4.69) is 31.3 Å². The van der Waals surface area contributed by atoms with Gasteiger partial charge in [0, 0.05) is 6.42 Å². The number of rotatable bonds is 26. The van der Waals surface area contributed by atoms with Gasteiger partial charge < -0.3 is 40.3 Å². The van der Waals surface area contributed by atoms with E-state index in [0.29, 0.717) is 12.8 Å². The van der Waals surface area contributed by atoms with Gasteiger partial charge in [-0.3, -0.25) is 4.79 Å². The van der Waals surface area contributed by atoms with E-state index < -0.39 is 49.5 Å². The summed E-state index contributed by atoms with van der Waals surface area (Å²) in [5.41, 5.74) is 0. The first-order chi connectivity index (χ1) is 20.3. The number of aliphatic hydroxyl groups is 5. The van der Waals surface area contributed by atoms with Gasteiger partial charge in [0.1, 0.15) is 24.4 Å². The third kappa shape index (κ3) is 17.3. The van der Waals surface area contributed by atoms with Crippen molar-refractivity contribution in [2.45, 2.75) is 179 Å². The van der Waals surface area contributed by atoms with E-state index in [4.69, 9.17) is 9.47 Å². The van der Waals surface area contributed by atoms with Crippen molar-refractivity contribution < 1.29 is 39.8 Å². The van der Waals surface area contributed by atoms with Gasteiger partial charge in [-0.15, -0.1) is 0 Å². The van der Waals surface area contributed by atoms with Crippen molar-refractivity contribution in [3.8, 4) is 0 Å². The number of nitrogens with one attached hydrogen (secondary N) is 1. The summed E-state index contributed by atoms with van der Waals surface area (Å²) in [5, 5.41) is 53.5. The molecule has 0 aromatic carbocycles. The largest absolute Gasteiger partial charge is 0.394 e. The molecule has 0 bridgehead atoms. The first kappa shape index (κ1) is 39.0. The van der Waals surface area contributed by atoms with E-state index in [1.54, 1.807) is 0 Å². The summed E-state index contributed by atoms with van der Waals surface area (Å²) >= 11 is 0. The van der Waals surface area contributed by atoms with Crippen molar-refractivity contribution in [2.24, 2.45) is 0 Å². The highest BCUT2D eigenvalue weighted by Crippen LogP contribution is 2.22. The van der Waals surface area contributed by atoms with Crippen LogP contribution in [-0.4, -0.2) is 87.5 Å². The van der Waals surface area contributed by atoms with Gasteiger partial charge >= 0.3 is 0 Å². The molecule has 1 fully saturated rings. The first-order valence-corrected chi connectivity index (χ1v) is 16.9. The predicted octanol–water partition coefficient (Wildman–Crippen LogP) is 4.66. The van der Waals surface area contributed by atoms with Gasteiger partial charge in [-0.2, -0.15) is 0 Å². The SMILES string of the molecule is CCCCCCC/C=C\CCCCCCCC(=O)NC(COC1OC(CO)C(O)C(O)C1O)C(O)CCCCCCC. The van der Waals surface area contributed by atoms with Gasteiger partial charge in [0.25, 0.3) is 0 Å². The normalized spacial score (nSPS) is 24.2. The maximum atomic E-state index is 12.7. The smallest absolute Gasteiger partial charge is 0.220 e. The van der Waals surface area contributed by atoms with E-state index in [1.807, 2.05) is 0 Å². The molecule has 6 N–H and O–H groups in total. The van der Waals surface area contributed by atoms with E-state index in [-0.39, 0.29) is 12.5 Å². The van der Waals surface area contributed by atoms with Crippen LogP contribution < -0.4 is 5.32 Å². The highest BCUT2D eigenvalue weighted by atomic mass is 16.7. The molecule has 0 saturated carbocycles. The molecule has 0 aromatic rings. The van der Waals surface area contributed by atoms with E-state index in [9.17, 15) is 30.3 Å². The van der Waals surface area contributed by atoms with E-state index in [1.165, 1.54) is 44.9 Å². The van der Waals surface area contributed by atoms with Crippen LogP contribution in [0, 0.1) is 0 Å². The molecule has 7 atom stereocenters. The first-order valence-electron chi connectivity index (χ1n) is 16.9. The Morgan fingerprint density at radius 1 is 0.786 bits per heavy atom. The van der Waals surface area contributed by atoms with Crippen LogP contribution in [0.5, 0.6) is 0 Å². The summed E-state index contributed by atoms with van der Waals surface area (Å²) < 4.78 is 11.1. The van der Waals surface area contributed by atoms with Gasteiger partial charge in [-0.25, -0.2) is 0 Å². The molecule has 0 spiro atoms. The molecule has 7 unspecified atom stereocenters. The summed E-state index contributed by atoms with van der Waals surface area (Å²) in [6.07, 6.45) is 16.9. The third-order valence-corrected chi connectivity index (χ3v) is 8.12. The Kier molecular flexibility index (Phi) is 23.4. The molecule has 1 amide bonds. The van der Waals surface area contributed by atoms with Crippen LogP contribution in [0.25, 0.3) is 0 Å². The molecule has 1 aliphatic heterocycles. The second-order valence-corrected chi connectivity index (χ2v) is 12.0. The topological polar surface area (TPSA) is 149 Å². The average Bonchev–Trinajstić information content (AvgIpc) is 2.98. The third-order valence-electron chi connectivity index (χ3n) is 8.12. The number of carbonyl (C=O) groups excluding carboxylic acids is 1. The van der Waals surface area contributed by atoms with Gasteiger partial charge in [0.05, 0.1) is 25.4 Å². The Hall–Kier alpha value is -1.07. The zero-order valence-corrected chi connectivity index (χ0v) is 26.5. The minimum atomic E-state index is -1.55. The molecule has 0 radical (unpaired) electrons. The maximum Gasteiger partial charge on any atom is 0.220 e. The summed E-state index contributed by atoms with van der Waals surface area (Å²) in [6.45, 7) is 3.69. The second-order valence-electron chi connectivity index (χ2n) is 12.0. The highest BCUT2D eigenvalue weighted by Gasteiger charge is 2.44. The lowest BCUT2D eigenvalue weighted by atomic mass is 9.99. The quantitative estimate of drug-likeness (QED) is 0.0620. The number of unbranched alkanes of at least 4 members (excludes halogenated alkanes) is 14. The molecule has 1 saturated heterocycles. The van der Waals surface area contributed by atoms with Crippen molar-refractivity contribution in [3.63, 3.8) is 0 Å². The molecule has 0 aromatic heterocycles. The Morgan fingerprint density at radius 3 is 1.93 bits per heavy atom. The minimum Gasteiger partial charge on any atom is -0.394 e. The van der Waals surface area contributed by atoms with E-state index in [0.717, 1.165) is 64.2 Å². The summed E-state index contributed by atoms with van der Waals surface area (Å²) in [7, 11) is 0. The van der Waals surface area contributed by atoms with Crippen molar-refractivity contribution in [2.75, 3.05) is 13.2 Å². The lowest BCUT2D eigenvalue weighted by Crippen LogP contribution is -2.60. The second kappa shape index (κ2) is 25.3. The Morgan fingerprint density at radius 2 is 1.33 bits per heavy atom. The molecule has 42 heavy (non-hydrogen) atoms. The number of allylic oxidation sites excluding steroid dienone is 2. The molecule has 9 nitrogen and oxygen atoms in total. The van der Waals surface area contributed by atoms with Crippen molar-refractivity contribution >= 4 is 5.91 Å². The molecule has 248 valence electrons. The number of carbonyl (C=O) groups is 1. The summed E-state index contributed by atoms with van der Waals surface area (Å²) in [6, 6.07) is -0.713.